The second-order valence-electron chi connectivity index (χ2n) is 6.74. The Balaban J connectivity index is 1.81. The van der Waals surface area contributed by atoms with Crippen molar-refractivity contribution in [2.45, 2.75) is 11.8 Å². The van der Waals surface area contributed by atoms with Gasteiger partial charge in [-0.1, -0.05) is 53.2 Å². The van der Waals surface area contributed by atoms with E-state index in [1.54, 1.807) is 36.4 Å². The Hall–Kier alpha value is -2.73. The number of rotatable bonds is 6. The van der Waals surface area contributed by atoms with Crippen LogP contribution in [-0.4, -0.2) is 18.4 Å². The smallest absolute Gasteiger partial charge is 0.283 e. The molecule has 3 aromatic rings. The van der Waals surface area contributed by atoms with E-state index in [1.165, 1.54) is 16.7 Å². The van der Waals surface area contributed by atoms with Crippen LogP contribution in [0.2, 0.25) is 10.0 Å². The molecular formula is C24H18Cl2N2O2S. The van der Waals surface area contributed by atoms with E-state index in [0.717, 1.165) is 10.6 Å². The first-order valence-corrected chi connectivity index (χ1v) is 11.2. The number of imide groups is 1. The first kappa shape index (κ1) is 21.5. The molecule has 0 aliphatic carbocycles. The molecule has 0 spiro atoms. The first-order valence-electron chi connectivity index (χ1n) is 9.64. The van der Waals surface area contributed by atoms with Crippen LogP contribution < -0.4 is 9.80 Å². The SMILES string of the molecule is CCN(C1=C(Sc2ccc(Cl)cc2)C(=O)N(c2ccc(Cl)cc2)C1=O)c1ccccc1. The van der Waals surface area contributed by atoms with Gasteiger partial charge < -0.3 is 4.90 Å². The molecule has 0 saturated carbocycles. The zero-order valence-electron chi connectivity index (χ0n) is 16.6. The maximum Gasteiger partial charge on any atom is 0.283 e. The summed E-state index contributed by atoms with van der Waals surface area (Å²) >= 11 is 13.3. The molecule has 4 nitrogen and oxygen atoms in total. The third-order valence-corrected chi connectivity index (χ3v) is 6.37. The third kappa shape index (κ3) is 4.35. The molecule has 156 valence electrons. The molecule has 1 aliphatic rings. The number of hydrogen-bond donors (Lipinski definition) is 0. The molecule has 4 rings (SSSR count). The van der Waals surface area contributed by atoms with E-state index in [2.05, 4.69) is 0 Å². The number of likely N-dealkylation sites (N-methyl/N-ethyl adjacent to an activating group) is 1. The van der Waals surface area contributed by atoms with Gasteiger partial charge in [-0.05, 0) is 67.6 Å². The molecule has 7 heteroatoms. The van der Waals surface area contributed by atoms with Gasteiger partial charge in [-0.25, -0.2) is 4.90 Å². The summed E-state index contributed by atoms with van der Waals surface area (Å²) in [7, 11) is 0. The number of halogens is 2. The van der Waals surface area contributed by atoms with Crippen molar-refractivity contribution in [3.63, 3.8) is 0 Å². The lowest BCUT2D eigenvalue weighted by Gasteiger charge is -2.24. The monoisotopic (exact) mass is 468 g/mol. The average Bonchev–Trinajstić information content (AvgIpc) is 3.02. The van der Waals surface area contributed by atoms with Gasteiger partial charge in [0, 0.05) is 27.2 Å². The molecule has 0 fully saturated rings. The number of carbonyl (C=O) groups excluding carboxylic acids is 2. The average molecular weight is 469 g/mol. The van der Waals surface area contributed by atoms with Crippen molar-refractivity contribution in [3.05, 3.63) is 99.5 Å². The summed E-state index contributed by atoms with van der Waals surface area (Å²) in [6.45, 7) is 2.48. The maximum atomic E-state index is 13.6. The van der Waals surface area contributed by atoms with Crippen LogP contribution >= 0.6 is 35.0 Å². The van der Waals surface area contributed by atoms with E-state index in [1.807, 2.05) is 54.3 Å². The van der Waals surface area contributed by atoms with Crippen LogP contribution in [0, 0.1) is 0 Å². The largest absolute Gasteiger partial charge is 0.336 e. The highest BCUT2D eigenvalue weighted by molar-refractivity contribution is 8.04. The molecule has 0 saturated heterocycles. The van der Waals surface area contributed by atoms with Gasteiger partial charge in [0.15, 0.2) is 0 Å². The van der Waals surface area contributed by atoms with Crippen LogP contribution in [0.15, 0.2) is 94.4 Å². The van der Waals surface area contributed by atoms with Gasteiger partial charge in [0.1, 0.15) is 10.6 Å². The molecule has 3 aromatic carbocycles. The predicted molar refractivity (Wildman–Crippen MR) is 128 cm³/mol. The highest BCUT2D eigenvalue weighted by atomic mass is 35.5. The van der Waals surface area contributed by atoms with E-state index < -0.39 is 0 Å². The minimum atomic E-state index is -0.366. The number of para-hydroxylation sites is 1. The predicted octanol–water partition coefficient (Wildman–Crippen LogP) is 6.40. The minimum absolute atomic E-state index is 0.355. The second-order valence-corrected chi connectivity index (χ2v) is 8.69. The zero-order valence-corrected chi connectivity index (χ0v) is 18.9. The van der Waals surface area contributed by atoms with Gasteiger partial charge in [-0.15, -0.1) is 0 Å². The fraction of sp³-hybridized carbons (Fsp3) is 0.0833. The number of hydrogen-bond acceptors (Lipinski definition) is 4. The first-order chi connectivity index (χ1) is 15.0. The lowest BCUT2D eigenvalue weighted by Crippen LogP contribution is -2.35. The van der Waals surface area contributed by atoms with Gasteiger partial charge in [0.05, 0.1) is 5.69 Å². The van der Waals surface area contributed by atoms with Gasteiger partial charge >= 0.3 is 0 Å². The Labute approximate surface area is 195 Å². The van der Waals surface area contributed by atoms with Crippen molar-refractivity contribution in [2.24, 2.45) is 0 Å². The maximum absolute atomic E-state index is 13.6. The topological polar surface area (TPSA) is 40.6 Å². The fourth-order valence-electron chi connectivity index (χ4n) is 3.35. The van der Waals surface area contributed by atoms with Crippen molar-refractivity contribution in [3.8, 4) is 0 Å². The van der Waals surface area contributed by atoms with Crippen LogP contribution in [0.25, 0.3) is 0 Å². The van der Waals surface area contributed by atoms with Crippen molar-refractivity contribution < 1.29 is 9.59 Å². The number of anilines is 2. The molecule has 1 heterocycles. The molecule has 0 bridgehead atoms. The normalized spacial score (nSPS) is 13.8. The van der Waals surface area contributed by atoms with Crippen molar-refractivity contribution in [1.29, 1.82) is 0 Å². The summed E-state index contributed by atoms with van der Waals surface area (Å²) in [5, 5.41) is 1.14. The Kier molecular flexibility index (Phi) is 6.37. The van der Waals surface area contributed by atoms with Crippen molar-refractivity contribution >= 4 is 58.2 Å². The molecule has 0 aromatic heterocycles. The standard InChI is InChI=1S/C24H18Cl2N2O2S/c1-2-27(18-6-4-3-5-7-18)21-22(31-20-14-10-17(26)11-15-20)24(30)28(23(21)29)19-12-8-16(25)9-13-19/h3-15H,2H2,1H3. The Morgan fingerprint density at radius 1 is 0.806 bits per heavy atom. The third-order valence-electron chi connectivity index (χ3n) is 4.79. The van der Waals surface area contributed by atoms with E-state index in [9.17, 15) is 9.59 Å². The summed E-state index contributed by atoms with van der Waals surface area (Å²) in [6.07, 6.45) is 0. The molecule has 0 radical (unpaired) electrons. The van der Waals surface area contributed by atoms with Crippen LogP contribution in [0.5, 0.6) is 0 Å². The summed E-state index contributed by atoms with van der Waals surface area (Å²) in [5.41, 5.74) is 1.68. The molecule has 1 aliphatic heterocycles. The minimum Gasteiger partial charge on any atom is -0.336 e. The summed E-state index contributed by atoms with van der Waals surface area (Å²) in [5.74, 6) is -0.730. The van der Waals surface area contributed by atoms with Crippen molar-refractivity contribution in [2.75, 3.05) is 16.3 Å². The Morgan fingerprint density at radius 2 is 1.39 bits per heavy atom. The highest BCUT2D eigenvalue weighted by Gasteiger charge is 2.42. The van der Waals surface area contributed by atoms with E-state index in [4.69, 9.17) is 23.2 Å². The summed E-state index contributed by atoms with van der Waals surface area (Å²) in [6, 6.07) is 23.4. The molecular weight excluding hydrogens is 451 g/mol. The molecule has 0 atom stereocenters. The Bertz CT molecular complexity index is 1150. The van der Waals surface area contributed by atoms with E-state index in [-0.39, 0.29) is 11.8 Å². The number of amides is 2. The summed E-state index contributed by atoms with van der Waals surface area (Å²) in [4.78, 5) is 31.3. The second kappa shape index (κ2) is 9.18. The lowest BCUT2D eigenvalue weighted by atomic mass is 10.2. The van der Waals surface area contributed by atoms with Crippen LogP contribution in [0.4, 0.5) is 11.4 Å². The van der Waals surface area contributed by atoms with Crippen LogP contribution in [-0.2, 0) is 9.59 Å². The Morgan fingerprint density at radius 3 is 1.97 bits per heavy atom. The number of benzene rings is 3. The summed E-state index contributed by atoms with van der Waals surface area (Å²) < 4.78 is 0. The number of thioether (sulfide) groups is 1. The van der Waals surface area contributed by atoms with Gasteiger partial charge in [0.25, 0.3) is 11.8 Å². The zero-order chi connectivity index (χ0) is 22.0. The van der Waals surface area contributed by atoms with Gasteiger partial charge in [-0.2, -0.15) is 0 Å². The van der Waals surface area contributed by atoms with Gasteiger partial charge in [0.2, 0.25) is 0 Å². The number of carbonyl (C=O) groups is 2. The van der Waals surface area contributed by atoms with Crippen LogP contribution in [0.1, 0.15) is 6.92 Å². The highest BCUT2D eigenvalue weighted by Crippen LogP contribution is 2.40. The van der Waals surface area contributed by atoms with Crippen LogP contribution in [0.3, 0.4) is 0 Å². The number of nitrogens with zero attached hydrogens (tertiary/aromatic N) is 2. The lowest BCUT2D eigenvalue weighted by molar-refractivity contribution is -0.120. The van der Waals surface area contributed by atoms with E-state index >= 15 is 0 Å². The van der Waals surface area contributed by atoms with Gasteiger partial charge in [-0.3, -0.25) is 9.59 Å². The quantitative estimate of drug-likeness (QED) is 0.392. The molecule has 2 amide bonds. The molecule has 0 unspecified atom stereocenters. The fourth-order valence-corrected chi connectivity index (χ4v) is 4.58. The molecule has 31 heavy (non-hydrogen) atoms. The van der Waals surface area contributed by atoms with E-state index in [0.29, 0.717) is 32.9 Å². The molecule has 0 N–H and O–H groups in total. The van der Waals surface area contributed by atoms with Crippen molar-refractivity contribution in [1.82, 2.24) is 0 Å².